The van der Waals surface area contributed by atoms with Gasteiger partial charge in [-0.25, -0.2) is 4.98 Å². The molecule has 1 fully saturated rings. The number of amides is 1. The highest BCUT2D eigenvalue weighted by molar-refractivity contribution is 5.85. The molecule has 2 aromatic rings. The summed E-state index contributed by atoms with van der Waals surface area (Å²) in [5, 5.41) is 10.2. The van der Waals surface area contributed by atoms with E-state index >= 15 is 0 Å². The topological polar surface area (TPSA) is 61.6 Å². The minimum absolute atomic E-state index is 0.111. The van der Waals surface area contributed by atoms with E-state index in [1.54, 1.807) is 6.07 Å². The smallest absolute Gasteiger partial charge is 0.230 e. The van der Waals surface area contributed by atoms with Crippen LogP contribution < -0.4 is 0 Å². The van der Waals surface area contributed by atoms with Gasteiger partial charge in [0.05, 0.1) is 12.0 Å². The van der Waals surface area contributed by atoms with E-state index < -0.39 is 0 Å². The third kappa shape index (κ3) is 2.88. The van der Waals surface area contributed by atoms with Gasteiger partial charge in [0.1, 0.15) is 11.6 Å². The van der Waals surface area contributed by atoms with Crippen LogP contribution >= 0.6 is 0 Å². The number of likely N-dealkylation sites (N-methyl/N-ethyl adjacent to an activating group) is 1. The molecule has 1 saturated heterocycles. The molecule has 2 aliphatic rings. The number of phenolic OH excluding ortho intramolecular Hbond substituents is 1. The van der Waals surface area contributed by atoms with Crippen LogP contribution in [-0.4, -0.2) is 57.0 Å². The normalized spacial score (nSPS) is 23.7. The van der Waals surface area contributed by atoms with Crippen molar-refractivity contribution in [2.45, 2.75) is 31.2 Å². The molecule has 0 spiro atoms. The first-order chi connectivity index (χ1) is 12.6. The molecular weight excluding hydrogens is 328 g/mol. The Balaban J connectivity index is 1.58. The molecule has 0 saturated carbocycles. The highest BCUT2D eigenvalue weighted by Crippen LogP contribution is 2.38. The Morgan fingerprint density at radius 2 is 2.12 bits per heavy atom. The first kappa shape index (κ1) is 17.1. The molecule has 138 valence electrons. The van der Waals surface area contributed by atoms with Crippen LogP contribution in [0.25, 0.3) is 0 Å². The lowest BCUT2D eigenvalue weighted by atomic mass is 9.81. The molecule has 26 heavy (non-hydrogen) atoms. The van der Waals surface area contributed by atoms with Crippen LogP contribution in [-0.2, 0) is 18.3 Å². The Morgan fingerprint density at radius 3 is 2.88 bits per heavy atom. The van der Waals surface area contributed by atoms with Gasteiger partial charge in [-0.2, -0.15) is 0 Å². The summed E-state index contributed by atoms with van der Waals surface area (Å²) in [6.07, 6.45) is 6.41. The maximum atomic E-state index is 13.3. The Bertz CT molecular complexity index is 816. The fourth-order valence-corrected chi connectivity index (χ4v) is 4.36. The second kappa shape index (κ2) is 6.76. The number of hydrogen-bond acceptors (Lipinski definition) is 4. The van der Waals surface area contributed by atoms with Crippen molar-refractivity contribution in [3.8, 4) is 5.75 Å². The summed E-state index contributed by atoms with van der Waals surface area (Å²) in [7, 11) is 4.09. The maximum absolute atomic E-state index is 13.3. The number of benzene rings is 1. The molecule has 2 atom stereocenters. The quantitative estimate of drug-likeness (QED) is 0.897. The van der Waals surface area contributed by atoms with Crippen LogP contribution in [0.3, 0.4) is 0 Å². The first-order valence-electron chi connectivity index (χ1n) is 9.33. The molecule has 1 amide bonds. The predicted octanol–water partition coefficient (Wildman–Crippen LogP) is 2.06. The number of carbonyl (C=O) groups excluding carboxylic acids is 1. The average Bonchev–Trinajstić information content (AvgIpc) is 3.07. The number of phenols is 1. The number of aryl methyl sites for hydroxylation is 1. The number of hydrogen-bond donors (Lipinski definition) is 1. The summed E-state index contributed by atoms with van der Waals surface area (Å²) in [5.41, 5.74) is 1.96. The molecule has 1 aromatic carbocycles. The highest BCUT2D eigenvalue weighted by Gasteiger charge is 2.36. The van der Waals surface area contributed by atoms with Crippen LogP contribution in [0.5, 0.6) is 5.75 Å². The lowest BCUT2D eigenvalue weighted by Gasteiger charge is -2.41. The second-order valence-corrected chi connectivity index (χ2v) is 7.47. The van der Waals surface area contributed by atoms with Gasteiger partial charge in [-0.15, -0.1) is 0 Å². The summed E-state index contributed by atoms with van der Waals surface area (Å²) in [5.74, 6) is 1.36. The van der Waals surface area contributed by atoms with Crippen LogP contribution in [0.1, 0.15) is 41.8 Å². The molecule has 0 radical (unpaired) electrons. The molecular formula is C20H26N4O2. The van der Waals surface area contributed by atoms with Crippen LogP contribution in [0.2, 0.25) is 0 Å². The number of fused-ring (bicyclic) bond motifs is 1. The SMILES string of the molecule is CN1CCN(C(=O)C2CCCc3c(O)cccc32)CC1c1nccn1C. The zero-order chi connectivity index (χ0) is 18.3. The molecule has 6 nitrogen and oxygen atoms in total. The van der Waals surface area contributed by atoms with Gasteiger partial charge in [-0.1, -0.05) is 12.1 Å². The minimum Gasteiger partial charge on any atom is -0.508 e. The van der Waals surface area contributed by atoms with Gasteiger partial charge in [-0.3, -0.25) is 9.69 Å². The van der Waals surface area contributed by atoms with Crippen molar-refractivity contribution in [3.05, 3.63) is 47.5 Å². The molecule has 1 aliphatic heterocycles. The van der Waals surface area contributed by atoms with Crippen molar-refractivity contribution < 1.29 is 9.90 Å². The first-order valence-corrected chi connectivity index (χ1v) is 9.33. The lowest BCUT2D eigenvalue weighted by Crippen LogP contribution is -2.51. The molecule has 1 aromatic heterocycles. The number of nitrogens with zero attached hydrogens (tertiary/aromatic N) is 4. The predicted molar refractivity (Wildman–Crippen MR) is 98.9 cm³/mol. The monoisotopic (exact) mass is 354 g/mol. The zero-order valence-corrected chi connectivity index (χ0v) is 15.4. The second-order valence-electron chi connectivity index (χ2n) is 7.47. The molecule has 1 aliphatic carbocycles. The van der Waals surface area contributed by atoms with Gasteiger partial charge in [0.25, 0.3) is 0 Å². The number of aromatic nitrogens is 2. The van der Waals surface area contributed by atoms with Gasteiger partial charge in [-0.05, 0) is 43.5 Å². The summed E-state index contributed by atoms with van der Waals surface area (Å²) < 4.78 is 2.03. The third-order valence-corrected chi connectivity index (χ3v) is 5.90. The standard InChI is InChI=1S/C20H26N4O2/c1-22-11-12-24(13-17(22)19-21-9-10-23(19)2)20(26)16-7-3-6-15-14(16)5-4-8-18(15)25/h4-5,8-10,16-17,25H,3,6-7,11-13H2,1-2H3. The zero-order valence-electron chi connectivity index (χ0n) is 15.4. The molecule has 2 heterocycles. The summed E-state index contributed by atoms with van der Waals surface area (Å²) in [6.45, 7) is 2.23. The van der Waals surface area contributed by atoms with Crippen molar-refractivity contribution >= 4 is 5.91 Å². The fraction of sp³-hybridized carbons (Fsp3) is 0.500. The van der Waals surface area contributed by atoms with Crippen LogP contribution in [0, 0.1) is 0 Å². The Labute approximate surface area is 154 Å². The number of carbonyl (C=O) groups is 1. The molecule has 4 rings (SSSR count). The van der Waals surface area contributed by atoms with Gasteiger partial charge in [0.15, 0.2) is 0 Å². The van der Waals surface area contributed by atoms with E-state index in [4.69, 9.17) is 0 Å². The minimum atomic E-state index is -0.142. The van der Waals surface area contributed by atoms with Crippen molar-refractivity contribution in [2.24, 2.45) is 7.05 Å². The number of aromatic hydroxyl groups is 1. The van der Waals surface area contributed by atoms with E-state index in [0.29, 0.717) is 12.3 Å². The highest BCUT2D eigenvalue weighted by atomic mass is 16.3. The van der Waals surface area contributed by atoms with Crippen molar-refractivity contribution in [2.75, 3.05) is 26.7 Å². The fourth-order valence-electron chi connectivity index (χ4n) is 4.36. The van der Waals surface area contributed by atoms with Gasteiger partial charge >= 0.3 is 0 Å². The molecule has 6 heteroatoms. The molecule has 2 unspecified atom stereocenters. The van der Waals surface area contributed by atoms with Crippen molar-refractivity contribution in [1.29, 1.82) is 0 Å². The average molecular weight is 354 g/mol. The van der Waals surface area contributed by atoms with E-state index in [1.165, 1.54) is 0 Å². The molecule has 1 N–H and O–H groups in total. The number of piperazine rings is 1. The largest absolute Gasteiger partial charge is 0.508 e. The van der Waals surface area contributed by atoms with Gasteiger partial charge in [0, 0.05) is 39.1 Å². The van der Waals surface area contributed by atoms with E-state index in [0.717, 1.165) is 49.3 Å². The van der Waals surface area contributed by atoms with Gasteiger partial charge < -0.3 is 14.6 Å². The van der Waals surface area contributed by atoms with Crippen molar-refractivity contribution in [1.82, 2.24) is 19.4 Å². The third-order valence-electron chi connectivity index (χ3n) is 5.90. The Kier molecular flexibility index (Phi) is 4.44. The Morgan fingerprint density at radius 1 is 1.27 bits per heavy atom. The maximum Gasteiger partial charge on any atom is 0.230 e. The van der Waals surface area contributed by atoms with E-state index in [9.17, 15) is 9.90 Å². The van der Waals surface area contributed by atoms with E-state index in [2.05, 4.69) is 16.9 Å². The molecule has 0 bridgehead atoms. The van der Waals surface area contributed by atoms with Crippen molar-refractivity contribution in [3.63, 3.8) is 0 Å². The van der Waals surface area contributed by atoms with E-state index in [1.807, 2.05) is 41.0 Å². The van der Waals surface area contributed by atoms with Crippen LogP contribution in [0.15, 0.2) is 30.6 Å². The van der Waals surface area contributed by atoms with E-state index in [-0.39, 0.29) is 17.9 Å². The number of rotatable bonds is 2. The Hall–Kier alpha value is -2.34. The number of imidazole rings is 1. The lowest BCUT2D eigenvalue weighted by molar-refractivity contribution is -0.136. The summed E-state index contributed by atoms with van der Waals surface area (Å²) in [4.78, 5) is 22.1. The summed E-state index contributed by atoms with van der Waals surface area (Å²) in [6, 6.07) is 5.68. The van der Waals surface area contributed by atoms with Gasteiger partial charge in [0.2, 0.25) is 5.91 Å². The summed E-state index contributed by atoms with van der Waals surface area (Å²) >= 11 is 0. The van der Waals surface area contributed by atoms with Crippen LogP contribution in [0.4, 0.5) is 0 Å².